The topological polar surface area (TPSA) is 94.5 Å². The Labute approximate surface area is 186 Å². The van der Waals surface area contributed by atoms with Gasteiger partial charge in [-0.05, 0) is 63.3 Å². The number of hydrogen-bond acceptors (Lipinski definition) is 6. The molecule has 0 fully saturated rings. The molecule has 0 saturated heterocycles. The van der Waals surface area contributed by atoms with Crippen LogP contribution in [0, 0.1) is 0 Å². The number of hydrogen-bond donors (Lipinski definition) is 1. The van der Waals surface area contributed by atoms with Crippen molar-refractivity contribution < 1.29 is 13.9 Å². The number of rotatable bonds is 7. The van der Waals surface area contributed by atoms with E-state index in [4.69, 9.17) is 9.15 Å². The molecule has 1 atom stereocenters. The van der Waals surface area contributed by atoms with Crippen LogP contribution in [0.5, 0.6) is 5.75 Å². The lowest BCUT2D eigenvalue weighted by molar-refractivity contribution is 0.0905. The Morgan fingerprint density at radius 1 is 1.22 bits per heavy atom. The summed E-state index contributed by atoms with van der Waals surface area (Å²) in [6, 6.07) is 10.9. The van der Waals surface area contributed by atoms with E-state index in [9.17, 15) is 9.59 Å². The summed E-state index contributed by atoms with van der Waals surface area (Å²) in [7, 11) is 5.56. The normalized spacial score (nSPS) is 15.9. The van der Waals surface area contributed by atoms with Crippen LogP contribution in [0.3, 0.4) is 0 Å². The third kappa shape index (κ3) is 4.77. The zero-order valence-corrected chi connectivity index (χ0v) is 18.7. The smallest absolute Gasteiger partial charge is 0.345 e. The van der Waals surface area contributed by atoms with Crippen molar-refractivity contribution in [1.29, 1.82) is 0 Å². The first-order valence-corrected chi connectivity index (χ1v) is 10.8. The Bertz CT molecular complexity index is 1130. The molecule has 2 aromatic heterocycles. The number of nitrogens with zero attached hydrogens (tertiary/aromatic N) is 4. The average Bonchev–Trinajstić information content (AvgIpc) is 3.34. The number of aryl methyl sites for hydroxylation is 1. The maximum atomic E-state index is 12.7. The molecule has 3 aromatic rings. The summed E-state index contributed by atoms with van der Waals surface area (Å²) >= 11 is 0. The number of fused-ring (bicyclic) bond motifs is 1. The van der Waals surface area contributed by atoms with Gasteiger partial charge >= 0.3 is 5.69 Å². The van der Waals surface area contributed by atoms with Crippen molar-refractivity contribution in [1.82, 2.24) is 24.6 Å². The molecule has 1 aliphatic rings. The third-order valence-electron chi connectivity index (χ3n) is 5.72. The van der Waals surface area contributed by atoms with E-state index in [1.54, 1.807) is 23.8 Å². The Balaban J connectivity index is 1.37. The van der Waals surface area contributed by atoms with Gasteiger partial charge in [0.2, 0.25) is 0 Å². The molecule has 1 amide bonds. The molecule has 9 nitrogen and oxygen atoms in total. The minimum Gasteiger partial charge on any atom is -0.497 e. The highest BCUT2D eigenvalue weighted by Gasteiger charge is 2.23. The van der Waals surface area contributed by atoms with Gasteiger partial charge in [-0.15, -0.1) is 0 Å². The van der Waals surface area contributed by atoms with Crippen LogP contribution in [0.4, 0.5) is 0 Å². The molecule has 0 saturated carbocycles. The second kappa shape index (κ2) is 9.44. The highest BCUT2D eigenvalue weighted by atomic mass is 16.5. The maximum absolute atomic E-state index is 12.7. The van der Waals surface area contributed by atoms with Crippen LogP contribution in [-0.4, -0.2) is 58.9 Å². The number of benzene rings is 1. The monoisotopic (exact) mass is 439 g/mol. The SMILES string of the molecule is COc1ccc(-c2ccc(C(=O)NC3CCc4nn(CCN(C)C)c(=O)n4CC3)o2)cc1. The predicted octanol–water partition coefficient (Wildman–Crippen LogP) is 2.01. The standard InChI is InChI=1S/C23H29N5O4/c1-26(2)14-15-28-23(30)27-13-12-17(6-11-21(27)25-28)24-22(29)20-10-9-19(32-20)16-4-7-18(31-3)8-5-16/h4-5,7-10,17H,6,11-15H2,1-3H3,(H,24,29). The van der Waals surface area contributed by atoms with E-state index in [2.05, 4.69) is 10.4 Å². The highest BCUT2D eigenvalue weighted by molar-refractivity contribution is 5.92. The molecular formula is C23H29N5O4. The number of furan rings is 1. The van der Waals surface area contributed by atoms with Gasteiger partial charge in [-0.2, -0.15) is 5.10 Å². The van der Waals surface area contributed by atoms with Crippen molar-refractivity contribution in [3.8, 4) is 17.1 Å². The zero-order chi connectivity index (χ0) is 22.7. The molecule has 1 aliphatic heterocycles. The first kappa shape index (κ1) is 21.9. The van der Waals surface area contributed by atoms with Gasteiger partial charge < -0.3 is 19.4 Å². The Hall–Kier alpha value is -3.33. The van der Waals surface area contributed by atoms with Crippen LogP contribution < -0.4 is 15.7 Å². The number of amides is 1. The summed E-state index contributed by atoms with van der Waals surface area (Å²) in [5.74, 6) is 2.18. The highest BCUT2D eigenvalue weighted by Crippen LogP contribution is 2.24. The molecule has 0 aliphatic carbocycles. The van der Waals surface area contributed by atoms with Crippen LogP contribution in [0.1, 0.15) is 29.2 Å². The summed E-state index contributed by atoms with van der Waals surface area (Å²) in [5, 5.41) is 7.55. The first-order chi connectivity index (χ1) is 15.4. The number of methoxy groups -OCH3 is 1. The number of carbonyl (C=O) groups excluding carboxylic acids is 1. The van der Waals surface area contributed by atoms with Crippen molar-refractivity contribution in [2.45, 2.75) is 38.4 Å². The fourth-order valence-electron chi connectivity index (χ4n) is 3.84. The number of likely N-dealkylation sites (N-methyl/N-ethyl adjacent to an activating group) is 1. The molecule has 4 rings (SSSR count). The second-order valence-corrected chi connectivity index (χ2v) is 8.27. The van der Waals surface area contributed by atoms with Crippen LogP contribution in [0.15, 0.2) is 45.6 Å². The summed E-state index contributed by atoms with van der Waals surface area (Å²) in [6.45, 7) is 1.87. The quantitative estimate of drug-likeness (QED) is 0.605. The van der Waals surface area contributed by atoms with Crippen molar-refractivity contribution in [3.63, 3.8) is 0 Å². The molecule has 3 heterocycles. The molecule has 1 N–H and O–H groups in total. The zero-order valence-electron chi connectivity index (χ0n) is 18.7. The molecule has 1 aromatic carbocycles. The van der Waals surface area contributed by atoms with Crippen molar-refractivity contribution in [2.75, 3.05) is 27.7 Å². The minimum atomic E-state index is -0.252. The van der Waals surface area contributed by atoms with E-state index in [0.717, 1.165) is 30.1 Å². The lowest BCUT2D eigenvalue weighted by atomic mass is 10.1. The fraction of sp³-hybridized carbons (Fsp3) is 0.435. The van der Waals surface area contributed by atoms with Gasteiger partial charge in [-0.1, -0.05) is 0 Å². The number of ether oxygens (including phenoxy) is 1. The number of nitrogens with one attached hydrogen (secondary N) is 1. The Kier molecular flexibility index (Phi) is 6.45. The van der Waals surface area contributed by atoms with Gasteiger partial charge in [0.15, 0.2) is 5.76 Å². The molecule has 32 heavy (non-hydrogen) atoms. The van der Waals surface area contributed by atoms with E-state index in [1.807, 2.05) is 43.3 Å². The van der Waals surface area contributed by atoms with Gasteiger partial charge in [0.25, 0.3) is 5.91 Å². The van der Waals surface area contributed by atoms with Crippen molar-refractivity contribution >= 4 is 5.91 Å². The molecule has 1 unspecified atom stereocenters. The van der Waals surface area contributed by atoms with E-state index in [-0.39, 0.29) is 23.4 Å². The van der Waals surface area contributed by atoms with Crippen LogP contribution in [0.2, 0.25) is 0 Å². The summed E-state index contributed by atoms with van der Waals surface area (Å²) in [5.41, 5.74) is 0.791. The van der Waals surface area contributed by atoms with E-state index >= 15 is 0 Å². The van der Waals surface area contributed by atoms with Crippen molar-refractivity contribution in [2.24, 2.45) is 0 Å². The van der Waals surface area contributed by atoms with Gasteiger partial charge in [-0.3, -0.25) is 9.36 Å². The van der Waals surface area contributed by atoms with Gasteiger partial charge in [0.1, 0.15) is 17.3 Å². The second-order valence-electron chi connectivity index (χ2n) is 8.27. The molecule has 0 radical (unpaired) electrons. The van der Waals surface area contributed by atoms with E-state index in [1.165, 1.54) is 4.68 Å². The van der Waals surface area contributed by atoms with Crippen LogP contribution >= 0.6 is 0 Å². The molecule has 0 bridgehead atoms. The number of aromatic nitrogens is 3. The van der Waals surface area contributed by atoms with Gasteiger partial charge in [0.05, 0.1) is 13.7 Å². The maximum Gasteiger partial charge on any atom is 0.345 e. The number of carbonyl (C=O) groups is 1. The van der Waals surface area contributed by atoms with E-state index in [0.29, 0.717) is 31.7 Å². The predicted molar refractivity (Wildman–Crippen MR) is 120 cm³/mol. The molecule has 0 spiro atoms. The Morgan fingerprint density at radius 3 is 2.72 bits per heavy atom. The fourth-order valence-corrected chi connectivity index (χ4v) is 3.84. The molecule has 9 heteroatoms. The third-order valence-corrected chi connectivity index (χ3v) is 5.72. The molecule has 170 valence electrons. The largest absolute Gasteiger partial charge is 0.497 e. The van der Waals surface area contributed by atoms with E-state index < -0.39 is 0 Å². The first-order valence-electron chi connectivity index (χ1n) is 10.8. The van der Waals surface area contributed by atoms with Crippen LogP contribution in [-0.2, 0) is 19.5 Å². The minimum absolute atomic E-state index is 0.0478. The van der Waals surface area contributed by atoms with Crippen LogP contribution in [0.25, 0.3) is 11.3 Å². The lowest BCUT2D eigenvalue weighted by Gasteiger charge is -2.15. The lowest BCUT2D eigenvalue weighted by Crippen LogP contribution is -2.35. The average molecular weight is 440 g/mol. The summed E-state index contributed by atoms with van der Waals surface area (Å²) in [6.07, 6.45) is 2.04. The summed E-state index contributed by atoms with van der Waals surface area (Å²) in [4.78, 5) is 27.4. The molecular weight excluding hydrogens is 410 g/mol. The summed E-state index contributed by atoms with van der Waals surface area (Å²) < 4.78 is 14.2. The Morgan fingerprint density at radius 2 is 2.00 bits per heavy atom. The van der Waals surface area contributed by atoms with Gasteiger partial charge in [0, 0.05) is 31.1 Å². The van der Waals surface area contributed by atoms with Gasteiger partial charge in [-0.25, -0.2) is 9.48 Å². The van der Waals surface area contributed by atoms with Crippen molar-refractivity contribution in [3.05, 3.63) is 58.5 Å².